The van der Waals surface area contributed by atoms with E-state index in [2.05, 4.69) is 0 Å². The maximum atomic E-state index is 10.4. The van der Waals surface area contributed by atoms with Crippen LogP contribution >= 0.6 is 0 Å². The number of piperidine rings is 1. The summed E-state index contributed by atoms with van der Waals surface area (Å²) in [6.45, 7) is 2.94. The van der Waals surface area contributed by atoms with Gasteiger partial charge in [0.15, 0.2) is 0 Å². The number of likely N-dealkylation sites (tertiary alicyclic amines) is 1. The number of methoxy groups -OCH3 is 1. The highest BCUT2D eigenvalue weighted by Gasteiger charge is 2.17. The molecular weight excluding hydrogens is 170 g/mol. The van der Waals surface area contributed by atoms with Gasteiger partial charge in [0.25, 0.3) is 0 Å². The van der Waals surface area contributed by atoms with E-state index in [1.54, 1.807) is 12.0 Å². The molecule has 0 bridgehead atoms. The molecule has 1 fully saturated rings. The molecule has 1 heterocycles. The quantitative estimate of drug-likeness (QED) is 0.458. The summed E-state index contributed by atoms with van der Waals surface area (Å²) in [7, 11) is 1.67. The van der Waals surface area contributed by atoms with Gasteiger partial charge in [-0.05, 0) is 12.8 Å². The number of amides is 1. The number of hydrogen-bond acceptors (Lipinski definition) is 3. The Morgan fingerprint density at radius 1 is 1.38 bits per heavy atom. The van der Waals surface area contributed by atoms with Gasteiger partial charge < -0.3 is 14.4 Å². The average molecular weight is 187 g/mol. The molecule has 0 saturated carbocycles. The van der Waals surface area contributed by atoms with Gasteiger partial charge in [0.1, 0.15) is 0 Å². The maximum absolute atomic E-state index is 10.4. The van der Waals surface area contributed by atoms with Crippen molar-refractivity contribution in [1.29, 1.82) is 0 Å². The van der Waals surface area contributed by atoms with Crippen LogP contribution in [0.25, 0.3) is 0 Å². The van der Waals surface area contributed by atoms with Crippen molar-refractivity contribution < 1.29 is 14.3 Å². The van der Waals surface area contributed by atoms with Crippen molar-refractivity contribution in [3.05, 3.63) is 0 Å². The number of carbonyl (C=O) groups excluding carboxylic acids is 1. The molecule has 0 aromatic carbocycles. The Bertz CT molecular complexity index is 144. The van der Waals surface area contributed by atoms with Crippen LogP contribution in [0.1, 0.15) is 12.8 Å². The molecule has 0 atom stereocenters. The van der Waals surface area contributed by atoms with Crippen LogP contribution < -0.4 is 0 Å². The van der Waals surface area contributed by atoms with Crippen molar-refractivity contribution in [1.82, 2.24) is 4.90 Å². The highest BCUT2D eigenvalue weighted by molar-refractivity contribution is 5.47. The molecule has 0 N–H and O–H groups in total. The molecule has 0 aromatic heterocycles. The van der Waals surface area contributed by atoms with Gasteiger partial charge in [-0.25, -0.2) is 0 Å². The molecule has 76 valence electrons. The fourth-order valence-corrected chi connectivity index (χ4v) is 1.45. The van der Waals surface area contributed by atoms with E-state index in [0.717, 1.165) is 32.3 Å². The first-order valence-corrected chi connectivity index (χ1v) is 4.66. The fourth-order valence-electron chi connectivity index (χ4n) is 1.45. The molecule has 1 amide bonds. The van der Waals surface area contributed by atoms with Crippen LogP contribution in [0.3, 0.4) is 0 Å². The third kappa shape index (κ3) is 3.74. The van der Waals surface area contributed by atoms with Gasteiger partial charge in [-0.15, -0.1) is 0 Å². The topological polar surface area (TPSA) is 38.8 Å². The zero-order valence-corrected chi connectivity index (χ0v) is 8.07. The van der Waals surface area contributed by atoms with Crippen LogP contribution in [0.5, 0.6) is 0 Å². The van der Waals surface area contributed by atoms with Crippen LogP contribution in [0, 0.1) is 0 Å². The van der Waals surface area contributed by atoms with Gasteiger partial charge in [0.05, 0.1) is 19.3 Å². The van der Waals surface area contributed by atoms with Gasteiger partial charge in [-0.3, -0.25) is 4.79 Å². The Hall–Kier alpha value is -0.610. The minimum atomic E-state index is 0.311. The fraction of sp³-hybridized carbons (Fsp3) is 0.889. The molecule has 0 unspecified atom stereocenters. The third-order valence-corrected chi connectivity index (χ3v) is 2.27. The molecule has 13 heavy (non-hydrogen) atoms. The summed E-state index contributed by atoms with van der Waals surface area (Å²) in [4.78, 5) is 12.2. The minimum absolute atomic E-state index is 0.311. The molecule has 0 spiro atoms. The monoisotopic (exact) mass is 187 g/mol. The lowest BCUT2D eigenvalue weighted by Gasteiger charge is -2.28. The SMILES string of the molecule is COCCOC1CCN(C=O)CC1. The van der Waals surface area contributed by atoms with Crippen molar-refractivity contribution in [2.75, 3.05) is 33.4 Å². The molecule has 0 aromatic rings. The second-order valence-electron chi connectivity index (χ2n) is 3.20. The molecular formula is C9H17NO3. The number of ether oxygens (including phenoxy) is 2. The van der Waals surface area contributed by atoms with Crippen LogP contribution in [0.4, 0.5) is 0 Å². The van der Waals surface area contributed by atoms with Gasteiger partial charge in [0.2, 0.25) is 6.41 Å². The predicted molar refractivity (Wildman–Crippen MR) is 48.5 cm³/mol. The number of carbonyl (C=O) groups is 1. The summed E-state index contributed by atoms with van der Waals surface area (Å²) in [5.41, 5.74) is 0. The Morgan fingerprint density at radius 2 is 2.08 bits per heavy atom. The molecule has 0 radical (unpaired) electrons. The minimum Gasteiger partial charge on any atom is -0.382 e. The van der Waals surface area contributed by atoms with Crippen molar-refractivity contribution in [3.8, 4) is 0 Å². The van der Waals surface area contributed by atoms with Gasteiger partial charge >= 0.3 is 0 Å². The zero-order chi connectivity index (χ0) is 9.52. The normalized spacial score (nSPS) is 19.0. The first-order valence-electron chi connectivity index (χ1n) is 4.66. The molecule has 4 nitrogen and oxygen atoms in total. The number of hydrogen-bond donors (Lipinski definition) is 0. The summed E-state index contributed by atoms with van der Waals surface area (Å²) >= 11 is 0. The van der Waals surface area contributed by atoms with E-state index in [1.165, 1.54) is 0 Å². The largest absolute Gasteiger partial charge is 0.382 e. The van der Waals surface area contributed by atoms with Crippen LogP contribution in [0.15, 0.2) is 0 Å². The highest BCUT2D eigenvalue weighted by atomic mass is 16.5. The first kappa shape index (κ1) is 10.5. The highest BCUT2D eigenvalue weighted by Crippen LogP contribution is 2.11. The zero-order valence-electron chi connectivity index (χ0n) is 8.07. The van der Waals surface area contributed by atoms with Crippen molar-refractivity contribution in [2.24, 2.45) is 0 Å². The summed E-state index contributed by atoms with van der Waals surface area (Å²) < 4.78 is 10.4. The molecule has 1 saturated heterocycles. The lowest BCUT2D eigenvalue weighted by atomic mass is 10.1. The molecule has 1 aliphatic rings. The van der Waals surface area contributed by atoms with Crippen molar-refractivity contribution >= 4 is 6.41 Å². The maximum Gasteiger partial charge on any atom is 0.209 e. The van der Waals surface area contributed by atoms with Gasteiger partial charge in [-0.2, -0.15) is 0 Å². The van der Waals surface area contributed by atoms with E-state index < -0.39 is 0 Å². The average Bonchev–Trinajstić information content (AvgIpc) is 2.19. The van der Waals surface area contributed by atoms with E-state index in [0.29, 0.717) is 19.3 Å². The predicted octanol–water partition coefficient (Wildman–Crippen LogP) is 0.270. The summed E-state index contributed by atoms with van der Waals surface area (Å²) in [5.74, 6) is 0. The smallest absolute Gasteiger partial charge is 0.209 e. The van der Waals surface area contributed by atoms with E-state index in [1.807, 2.05) is 0 Å². The number of rotatable bonds is 5. The van der Waals surface area contributed by atoms with E-state index in [-0.39, 0.29) is 0 Å². The molecule has 0 aliphatic carbocycles. The lowest BCUT2D eigenvalue weighted by Crippen LogP contribution is -2.36. The van der Waals surface area contributed by atoms with Crippen LogP contribution in [-0.2, 0) is 14.3 Å². The summed E-state index contributed by atoms with van der Waals surface area (Å²) in [5, 5.41) is 0. The number of nitrogens with zero attached hydrogens (tertiary/aromatic N) is 1. The second kappa shape index (κ2) is 5.94. The second-order valence-corrected chi connectivity index (χ2v) is 3.20. The standard InChI is InChI=1S/C9H17NO3/c1-12-6-7-13-9-2-4-10(8-11)5-3-9/h8-9H,2-7H2,1H3. The third-order valence-electron chi connectivity index (χ3n) is 2.27. The summed E-state index contributed by atoms with van der Waals surface area (Å²) in [6.07, 6.45) is 3.11. The molecule has 1 aliphatic heterocycles. The Kier molecular flexibility index (Phi) is 4.78. The van der Waals surface area contributed by atoms with Crippen molar-refractivity contribution in [3.63, 3.8) is 0 Å². The lowest BCUT2D eigenvalue weighted by molar-refractivity contribution is -0.120. The van der Waals surface area contributed by atoms with E-state index >= 15 is 0 Å². The van der Waals surface area contributed by atoms with E-state index in [9.17, 15) is 4.79 Å². The van der Waals surface area contributed by atoms with E-state index in [4.69, 9.17) is 9.47 Å². The van der Waals surface area contributed by atoms with Crippen molar-refractivity contribution in [2.45, 2.75) is 18.9 Å². The Morgan fingerprint density at radius 3 is 2.62 bits per heavy atom. The summed E-state index contributed by atoms with van der Waals surface area (Å²) in [6, 6.07) is 0. The molecule has 4 heteroatoms. The first-order chi connectivity index (χ1) is 6.36. The Labute approximate surface area is 78.8 Å². The van der Waals surface area contributed by atoms with Crippen LogP contribution in [-0.4, -0.2) is 50.8 Å². The van der Waals surface area contributed by atoms with Crippen LogP contribution in [0.2, 0.25) is 0 Å². The van der Waals surface area contributed by atoms with Gasteiger partial charge in [-0.1, -0.05) is 0 Å². The Balaban J connectivity index is 2.07. The van der Waals surface area contributed by atoms with Gasteiger partial charge in [0, 0.05) is 20.2 Å². The molecule has 1 rings (SSSR count).